The number of hydrogen-bond donors (Lipinski definition) is 2. The molecule has 1 aliphatic rings. The topological polar surface area (TPSA) is 57.3 Å². The number of hydrogen-bond acceptors (Lipinski definition) is 4. The number of aromatic nitrogens is 1. The van der Waals surface area contributed by atoms with Crippen molar-refractivity contribution in [2.45, 2.75) is 43.9 Å². The van der Waals surface area contributed by atoms with Gasteiger partial charge in [0.1, 0.15) is 5.82 Å². The molecule has 0 atom stereocenters. The number of pyridine rings is 1. The van der Waals surface area contributed by atoms with Crippen LogP contribution in [0.5, 0.6) is 0 Å². The first-order chi connectivity index (χ1) is 15.7. The second-order valence-corrected chi connectivity index (χ2v) is 8.68. The first-order valence-corrected chi connectivity index (χ1v) is 11.0. The molecule has 33 heavy (non-hydrogen) atoms. The monoisotopic (exact) mass is 456 g/mol. The van der Waals surface area contributed by atoms with E-state index in [2.05, 4.69) is 21.6 Å². The standard InChI is InChI=1S/C25H27F3N4O/c1-32(2)22-15-23(31-21-9-4-3-8-20(21)22)29-18-10-12-19(13-11-18)30-24(33)16-6-5-7-17(14-16)25(26,27)28/h3-9,14-15,18-19H,10-13H2,1-2H3,(H,29,31)(H,30,33). The van der Waals surface area contributed by atoms with Gasteiger partial charge in [-0.25, -0.2) is 4.98 Å². The lowest BCUT2D eigenvalue weighted by molar-refractivity contribution is -0.137. The van der Waals surface area contributed by atoms with Crippen molar-refractivity contribution in [2.24, 2.45) is 0 Å². The maximum absolute atomic E-state index is 12.9. The molecule has 1 aliphatic carbocycles. The molecule has 0 aliphatic heterocycles. The third-order valence-corrected chi connectivity index (χ3v) is 6.04. The van der Waals surface area contributed by atoms with Crippen LogP contribution in [0.15, 0.2) is 54.6 Å². The van der Waals surface area contributed by atoms with E-state index < -0.39 is 17.6 Å². The summed E-state index contributed by atoms with van der Waals surface area (Å²) < 4.78 is 38.8. The largest absolute Gasteiger partial charge is 0.416 e. The van der Waals surface area contributed by atoms with Gasteiger partial charge in [-0.1, -0.05) is 24.3 Å². The lowest BCUT2D eigenvalue weighted by atomic mass is 9.91. The zero-order chi connectivity index (χ0) is 23.6. The number of halogens is 3. The highest BCUT2D eigenvalue weighted by Gasteiger charge is 2.31. The Labute approximate surface area is 191 Å². The lowest BCUT2D eigenvalue weighted by Gasteiger charge is -2.30. The Bertz CT molecular complexity index is 1140. The molecule has 0 spiro atoms. The number of anilines is 2. The molecule has 4 rings (SSSR count). The Hall–Kier alpha value is -3.29. The third-order valence-electron chi connectivity index (χ3n) is 6.04. The molecule has 3 aromatic rings. The van der Waals surface area contributed by atoms with Crippen LogP contribution in [0.25, 0.3) is 10.9 Å². The van der Waals surface area contributed by atoms with Crippen LogP contribution >= 0.6 is 0 Å². The van der Waals surface area contributed by atoms with Crippen LogP contribution in [0.3, 0.4) is 0 Å². The number of carbonyl (C=O) groups is 1. The Morgan fingerprint density at radius 1 is 0.970 bits per heavy atom. The quantitative estimate of drug-likeness (QED) is 0.534. The molecule has 1 heterocycles. The van der Waals surface area contributed by atoms with Gasteiger partial charge in [-0.05, 0) is 49.9 Å². The molecular formula is C25H27F3N4O. The van der Waals surface area contributed by atoms with Gasteiger partial charge in [0.25, 0.3) is 5.91 Å². The summed E-state index contributed by atoms with van der Waals surface area (Å²) in [5, 5.41) is 7.50. The van der Waals surface area contributed by atoms with E-state index in [1.807, 2.05) is 38.4 Å². The molecular weight excluding hydrogens is 429 g/mol. The highest BCUT2D eigenvalue weighted by Crippen LogP contribution is 2.31. The summed E-state index contributed by atoms with van der Waals surface area (Å²) >= 11 is 0. The highest BCUT2D eigenvalue weighted by atomic mass is 19.4. The fourth-order valence-electron chi connectivity index (χ4n) is 4.30. The van der Waals surface area contributed by atoms with Gasteiger partial charge in [0.05, 0.1) is 11.1 Å². The molecule has 0 bridgehead atoms. The van der Waals surface area contributed by atoms with Crippen molar-refractivity contribution in [3.63, 3.8) is 0 Å². The molecule has 0 radical (unpaired) electrons. The van der Waals surface area contributed by atoms with Crippen molar-refractivity contribution in [1.82, 2.24) is 10.3 Å². The maximum atomic E-state index is 12.9. The summed E-state index contributed by atoms with van der Waals surface area (Å²) in [6.45, 7) is 0. The predicted molar refractivity (Wildman–Crippen MR) is 125 cm³/mol. The summed E-state index contributed by atoms with van der Waals surface area (Å²) in [5.74, 6) is 0.346. The van der Waals surface area contributed by atoms with Crippen LogP contribution in [0.1, 0.15) is 41.6 Å². The van der Waals surface area contributed by atoms with E-state index >= 15 is 0 Å². The lowest BCUT2D eigenvalue weighted by Crippen LogP contribution is -2.40. The minimum Gasteiger partial charge on any atom is -0.377 e. The van der Waals surface area contributed by atoms with Crippen molar-refractivity contribution in [1.29, 1.82) is 0 Å². The molecule has 0 saturated heterocycles. The van der Waals surface area contributed by atoms with E-state index in [9.17, 15) is 18.0 Å². The molecule has 8 heteroatoms. The fraction of sp³-hybridized carbons (Fsp3) is 0.360. The summed E-state index contributed by atoms with van der Waals surface area (Å²) in [6, 6.07) is 14.8. The molecule has 5 nitrogen and oxygen atoms in total. The number of alkyl halides is 3. The third kappa shape index (κ3) is 5.38. The van der Waals surface area contributed by atoms with E-state index in [4.69, 9.17) is 4.98 Å². The minimum absolute atomic E-state index is 0.0293. The normalized spacial score (nSPS) is 18.7. The molecule has 1 amide bonds. The number of nitrogens with zero attached hydrogens (tertiary/aromatic N) is 2. The molecule has 1 aromatic heterocycles. The Morgan fingerprint density at radius 3 is 2.36 bits per heavy atom. The smallest absolute Gasteiger partial charge is 0.377 e. The van der Waals surface area contributed by atoms with Gasteiger partial charge in [0, 0.05) is 48.9 Å². The van der Waals surface area contributed by atoms with Crippen LogP contribution < -0.4 is 15.5 Å². The van der Waals surface area contributed by atoms with Crippen LogP contribution in [-0.4, -0.2) is 37.1 Å². The second kappa shape index (κ2) is 9.29. The van der Waals surface area contributed by atoms with Crippen LogP contribution in [0, 0.1) is 0 Å². The second-order valence-electron chi connectivity index (χ2n) is 8.68. The predicted octanol–water partition coefficient (Wildman–Crippen LogP) is 5.47. The van der Waals surface area contributed by atoms with E-state index in [0.717, 1.165) is 60.2 Å². The van der Waals surface area contributed by atoms with E-state index in [1.54, 1.807) is 0 Å². The van der Waals surface area contributed by atoms with Gasteiger partial charge in [-0.15, -0.1) is 0 Å². The highest BCUT2D eigenvalue weighted by molar-refractivity contribution is 5.94. The first kappa shape index (κ1) is 22.9. The van der Waals surface area contributed by atoms with Gasteiger partial charge in [-0.3, -0.25) is 4.79 Å². The maximum Gasteiger partial charge on any atom is 0.416 e. The van der Waals surface area contributed by atoms with E-state index in [1.165, 1.54) is 12.1 Å². The molecule has 0 unspecified atom stereocenters. The Morgan fingerprint density at radius 2 is 1.67 bits per heavy atom. The zero-order valence-corrected chi connectivity index (χ0v) is 18.6. The number of amides is 1. The van der Waals surface area contributed by atoms with Crippen LogP contribution in [0.4, 0.5) is 24.7 Å². The average Bonchev–Trinajstić information content (AvgIpc) is 2.79. The molecule has 174 valence electrons. The van der Waals surface area contributed by atoms with Crippen molar-refractivity contribution in [3.05, 3.63) is 65.7 Å². The van der Waals surface area contributed by atoms with E-state index in [0.29, 0.717) is 0 Å². The molecule has 2 aromatic carbocycles. The number of fused-ring (bicyclic) bond motifs is 1. The summed E-state index contributed by atoms with van der Waals surface area (Å²) in [5.41, 5.74) is 1.23. The van der Waals surface area contributed by atoms with Crippen LogP contribution in [0.2, 0.25) is 0 Å². The van der Waals surface area contributed by atoms with E-state index in [-0.39, 0.29) is 17.6 Å². The number of benzene rings is 2. The summed E-state index contributed by atoms with van der Waals surface area (Å²) in [7, 11) is 4.01. The summed E-state index contributed by atoms with van der Waals surface area (Å²) in [6.07, 6.45) is -1.31. The minimum atomic E-state index is -4.47. The van der Waals surface area contributed by atoms with Gasteiger partial charge in [-0.2, -0.15) is 13.2 Å². The number of carbonyl (C=O) groups excluding carboxylic acids is 1. The van der Waals surface area contributed by atoms with Gasteiger partial charge in [0.2, 0.25) is 0 Å². The zero-order valence-electron chi connectivity index (χ0n) is 18.6. The van der Waals surface area contributed by atoms with Crippen LogP contribution in [-0.2, 0) is 6.18 Å². The average molecular weight is 457 g/mol. The van der Waals surface area contributed by atoms with Crippen molar-refractivity contribution >= 4 is 28.3 Å². The van der Waals surface area contributed by atoms with Crippen molar-refractivity contribution in [2.75, 3.05) is 24.3 Å². The number of rotatable bonds is 5. The van der Waals surface area contributed by atoms with Gasteiger partial charge >= 0.3 is 6.18 Å². The SMILES string of the molecule is CN(C)c1cc(NC2CCC(NC(=O)c3cccc(C(F)(F)F)c3)CC2)nc2ccccc12. The van der Waals surface area contributed by atoms with Crippen molar-refractivity contribution in [3.8, 4) is 0 Å². The van der Waals surface area contributed by atoms with Gasteiger partial charge in [0.15, 0.2) is 0 Å². The molecule has 2 N–H and O–H groups in total. The Kier molecular flexibility index (Phi) is 6.44. The number of nitrogens with one attached hydrogen (secondary N) is 2. The molecule has 1 saturated carbocycles. The number of para-hydroxylation sites is 1. The summed E-state index contributed by atoms with van der Waals surface area (Å²) in [4.78, 5) is 19.3. The molecule has 1 fully saturated rings. The fourth-order valence-corrected chi connectivity index (χ4v) is 4.30. The van der Waals surface area contributed by atoms with Gasteiger partial charge < -0.3 is 15.5 Å². The Balaban J connectivity index is 1.36. The first-order valence-electron chi connectivity index (χ1n) is 11.0. The van der Waals surface area contributed by atoms with Crippen molar-refractivity contribution < 1.29 is 18.0 Å².